The summed E-state index contributed by atoms with van der Waals surface area (Å²) < 4.78 is 25.5. The molecule has 38 heavy (non-hydrogen) atoms. The number of ether oxygens (including phenoxy) is 2. The van der Waals surface area contributed by atoms with Crippen molar-refractivity contribution < 1.29 is 28.6 Å². The number of rotatable bonds is 8. The third-order valence-corrected chi connectivity index (χ3v) is 7.97. The van der Waals surface area contributed by atoms with Crippen LogP contribution in [0.2, 0.25) is 0 Å². The topological polar surface area (TPSA) is 125 Å². The molecule has 3 N–H and O–H groups in total. The van der Waals surface area contributed by atoms with Crippen molar-refractivity contribution >= 4 is 33.2 Å². The Morgan fingerprint density at radius 1 is 1.21 bits per heavy atom. The molecule has 5 rings (SSSR count). The van der Waals surface area contributed by atoms with Gasteiger partial charge in [0.1, 0.15) is 34.9 Å². The summed E-state index contributed by atoms with van der Waals surface area (Å²) in [7, 11) is 1.54. The molecular weight excluding hydrogens is 509 g/mol. The third kappa shape index (κ3) is 4.50. The van der Waals surface area contributed by atoms with E-state index in [1.165, 1.54) is 23.5 Å². The number of hydrogen-bond donors (Lipinski definition) is 2. The number of nitrogens with zero attached hydrogens (tertiary/aromatic N) is 2. The standard InChI is InChI=1S/C28H26FN3O5S/c1-27(25(30)34)14-37-24-18(27)13-22(32-23(24)15-4-7-17(29)8-5-15)28(2,35)11-10-20(33)16-6-9-19-21(12-16)38-26(31-19)36-3/h4-9,12-13,35H,10-11,14H2,1-3H3,(H2,30,34)/t27-,28-/m0/s1. The average Bonchev–Trinajstić information content (AvgIpc) is 3.48. The van der Waals surface area contributed by atoms with E-state index in [4.69, 9.17) is 15.2 Å². The Balaban J connectivity index is 1.47. The first-order valence-corrected chi connectivity index (χ1v) is 12.8. The van der Waals surface area contributed by atoms with Crippen molar-refractivity contribution in [2.75, 3.05) is 13.7 Å². The van der Waals surface area contributed by atoms with Gasteiger partial charge in [0.2, 0.25) is 5.91 Å². The number of Topliss-reactive ketones (excluding diaryl/α,β-unsaturated/α-hetero) is 1. The van der Waals surface area contributed by atoms with E-state index in [1.54, 1.807) is 57.4 Å². The number of halogens is 1. The minimum atomic E-state index is -1.53. The van der Waals surface area contributed by atoms with Gasteiger partial charge < -0.3 is 20.3 Å². The smallest absolute Gasteiger partial charge is 0.274 e. The number of carbonyl (C=O) groups excluding carboxylic acids is 2. The Bertz CT molecular complexity index is 1570. The maximum Gasteiger partial charge on any atom is 0.274 e. The lowest BCUT2D eigenvalue weighted by Crippen LogP contribution is -2.40. The number of nitrogens with two attached hydrogens (primary N) is 1. The van der Waals surface area contributed by atoms with Crippen LogP contribution in [-0.2, 0) is 15.8 Å². The van der Waals surface area contributed by atoms with E-state index in [2.05, 4.69) is 9.97 Å². The molecule has 2 aromatic carbocycles. The van der Waals surface area contributed by atoms with Gasteiger partial charge in [0.15, 0.2) is 5.78 Å². The lowest BCUT2D eigenvalue weighted by molar-refractivity contribution is -0.123. The number of methoxy groups -OCH3 is 1. The van der Waals surface area contributed by atoms with Crippen LogP contribution < -0.4 is 15.2 Å². The van der Waals surface area contributed by atoms with Crippen molar-refractivity contribution in [1.29, 1.82) is 0 Å². The zero-order valence-corrected chi connectivity index (χ0v) is 21.9. The first kappa shape index (κ1) is 25.7. The van der Waals surface area contributed by atoms with E-state index in [0.29, 0.717) is 33.3 Å². The second-order valence-corrected chi connectivity index (χ2v) is 10.8. The normalized spacial score (nSPS) is 18.0. The van der Waals surface area contributed by atoms with Crippen LogP contribution in [0.15, 0.2) is 48.5 Å². The molecule has 0 saturated carbocycles. The molecule has 0 fully saturated rings. The largest absolute Gasteiger partial charge is 0.489 e. The van der Waals surface area contributed by atoms with Gasteiger partial charge in [0.25, 0.3) is 5.19 Å². The van der Waals surface area contributed by atoms with E-state index in [1.807, 2.05) is 0 Å². The molecule has 196 valence electrons. The fraction of sp³-hybridized carbons (Fsp3) is 0.286. The molecule has 0 unspecified atom stereocenters. The summed E-state index contributed by atoms with van der Waals surface area (Å²) in [6.07, 6.45) is 0.112. The summed E-state index contributed by atoms with van der Waals surface area (Å²) >= 11 is 1.35. The first-order chi connectivity index (χ1) is 18.0. The molecule has 4 aromatic rings. The molecule has 2 atom stereocenters. The van der Waals surface area contributed by atoms with E-state index in [-0.39, 0.29) is 30.9 Å². The molecule has 2 aromatic heterocycles. The van der Waals surface area contributed by atoms with Gasteiger partial charge in [0.05, 0.1) is 23.0 Å². The summed E-state index contributed by atoms with van der Waals surface area (Å²) in [4.78, 5) is 34.4. The molecule has 10 heteroatoms. The van der Waals surface area contributed by atoms with Crippen LogP contribution in [-0.4, -0.2) is 40.5 Å². The number of amides is 1. The van der Waals surface area contributed by atoms with Gasteiger partial charge in [-0.2, -0.15) is 0 Å². The predicted molar refractivity (Wildman–Crippen MR) is 141 cm³/mol. The lowest BCUT2D eigenvalue weighted by Gasteiger charge is -2.26. The summed E-state index contributed by atoms with van der Waals surface area (Å²) in [5, 5.41) is 12.0. The molecule has 0 bridgehead atoms. The number of aliphatic hydroxyl groups is 1. The zero-order chi connectivity index (χ0) is 27.2. The molecule has 3 heterocycles. The third-order valence-electron chi connectivity index (χ3n) is 6.99. The minimum absolute atomic E-state index is 0.0163. The highest BCUT2D eigenvalue weighted by molar-refractivity contribution is 7.20. The molecule has 0 radical (unpaired) electrons. The summed E-state index contributed by atoms with van der Waals surface area (Å²) in [5.74, 6) is -0.778. The molecule has 1 amide bonds. The zero-order valence-electron chi connectivity index (χ0n) is 21.1. The molecule has 1 aliphatic heterocycles. The lowest BCUT2D eigenvalue weighted by atomic mass is 9.81. The van der Waals surface area contributed by atoms with Gasteiger partial charge in [-0.15, -0.1) is 0 Å². The number of fused-ring (bicyclic) bond motifs is 2. The molecule has 0 aliphatic carbocycles. The number of ketones is 1. The number of hydrogen-bond acceptors (Lipinski definition) is 8. The van der Waals surface area contributed by atoms with Crippen molar-refractivity contribution in [3.8, 4) is 22.2 Å². The summed E-state index contributed by atoms with van der Waals surface area (Å²) in [6, 6.07) is 12.5. The molecule has 0 saturated heterocycles. The minimum Gasteiger partial charge on any atom is -0.489 e. The Morgan fingerprint density at radius 2 is 1.95 bits per heavy atom. The van der Waals surface area contributed by atoms with E-state index in [0.717, 1.165) is 10.2 Å². The highest BCUT2D eigenvalue weighted by atomic mass is 32.1. The number of aromatic nitrogens is 2. The van der Waals surface area contributed by atoms with Crippen molar-refractivity contribution in [3.05, 3.63) is 71.2 Å². The summed E-state index contributed by atoms with van der Waals surface area (Å²) in [5.41, 5.74) is 5.95. The van der Waals surface area contributed by atoms with Crippen LogP contribution in [0.3, 0.4) is 0 Å². The molecular formula is C28H26FN3O5S. The number of thiazole rings is 1. The Hall–Kier alpha value is -3.89. The quantitative estimate of drug-likeness (QED) is 0.318. The van der Waals surface area contributed by atoms with Crippen LogP contribution in [0, 0.1) is 5.82 Å². The average molecular weight is 536 g/mol. The van der Waals surface area contributed by atoms with Crippen LogP contribution in [0.4, 0.5) is 4.39 Å². The second kappa shape index (κ2) is 9.45. The van der Waals surface area contributed by atoms with Crippen molar-refractivity contribution in [1.82, 2.24) is 9.97 Å². The first-order valence-electron chi connectivity index (χ1n) is 12.0. The van der Waals surface area contributed by atoms with Crippen LogP contribution >= 0.6 is 11.3 Å². The fourth-order valence-electron chi connectivity index (χ4n) is 4.46. The SMILES string of the molecule is COc1nc2ccc(C(=O)CC[C@](C)(O)c3cc4c(c(-c5ccc(F)cc5)n3)OC[C@]4(C)C(N)=O)cc2s1. The summed E-state index contributed by atoms with van der Waals surface area (Å²) in [6.45, 7) is 3.25. The highest BCUT2D eigenvalue weighted by Crippen LogP contribution is 2.46. The Labute approximate surface area is 222 Å². The predicted octanol–water partition coefficient (Wildman–Crippen LogP) is 4.51. The van der Waals surface area contributed by atoms with Gasteiger partial charge >= 0.3 is 0 Å². The molecule has 1 aliphatic rings. The number of benzene rings is 2. The van der Waals surface area contributed by atoms with Crippen LogP contribution in [0.25, 0.3) is 21.5 Å². The number of primary amides is 1. The monoisotopic (exact) mass is 535 g/mol. The maximum atomic E-state index is 13.6. The fourth-order valence-corrected chi connectivity index (χ4v) is 5.28. The van der Waals surface area contributed by atoms with E-state index >= 15 is 0 Å². The van der Waals surface area contributed by atoms with Crippen molar-refractivity contribution in [2.24, 2.45) is 5.73 Å². The van der Waals surface area contributed by atoms with Gasteiger partial charge in [-0.25, -0.2) is 14.4 Å². The van der Waals surface area contributed by atoms with E-state index < -0.39 is 22.7 Å². The second-order valence-electron chi connectivity index (χ2n) is 9.79. The number of pyridine rings is 1. The van der Waals surface area contributed by atoms with Crippen molar-refractivity contribution in [3.63, 3.8) is 0 Å². The molecule has 8 nitrogen and oxygen atoms in total. The van der Waals surface area contributed by atoms with Gasteiger partial charge in [-0.1, -0.05) is 11.3 Å². The van der Waals surface area contributed by atoms with Crippen LogP contribution in [0.1, 0.15) is 48.3 Å². The Morgan fingerprint density at radius 3 is 2.63 bits per heavy atom. The van der Waals surface area contributed by atoms with Crippen molar-refractivity contribution in [2.45, 2.75) is 37.7 Å². The van der Waals surface area contributed by atoms with Gasteiger partial charge in [-0.3, -0.25) is 9.59 Å². The van der Waals surface area contributed by atoms with Crippen LogP contribution in [0.5, 0.6) is 10.9 Å². The van der Waals surface area contributed by atoms with Gasteiger partial charge in [-0.05, 0) is 68.8 Å². The van der Waals surface area contributed by atoms with E-state index in [9.17, 15) is 19.1 Å². The molecule has 0 spiro atoms. The van der Waals surface area contributed by atoms with Gasteiger partial charge in [0, 0.05) is 23.1 Å². The maximum absolute atomic E-state index is 13.6. The number of carbonyl (C=O) groups is 2. The highest BCUT2D eigenvalue weighted by Gasteiger charge is 2.45. The Kier molecular flexibility index (Phi) is 6.40.